The van der Waals surface area contributed by atoms with Crippen molar-refractivity contribution in [2.75, 3.05) is 43.0 Å². The summed E-state index contributed by atoms with van der Waals surface area (Å²) in [5.41, 5.74) is 2.76. The molecule has 39 heavy (non-hydrogen) atoms. The number of likely N-dealkylation sites (tertiary alicyclic amines) is 1. The molecular formula is C27H28FN7O4. The number of nitrogens with one attached hydrogen (secondary N) is 2. The van der Waals surface area contributed by atoms with E-state index < -0.39 is 11.9 Å². The van der Waals surface area contributed by atoms with Crippen molar-refractivity contribution in [3.05, 3.63) is 70.8 Å². The molecule has 0 saturated carbocycles. The van der Waals surface area contributed by atoms with Crippen molar-refractivity contribution in [1.29, 1.82) is 0 Å². The van der Waals surface area contributed by atoms with Gasteiger partial charge in [0.2, 0.25) is 0 Å². The third kappa shape index (κ3) is 4.90. The Hall–Kier alpha value is -4.45. The predicted octanol–water partition coefficient (Wildman–Crippen LogP) is 3.79. The van der Waals surface area contributed by atoms with Gasteiger partial charge in [-0.15, -0.1) is 0 Å². The molecule has 11 nitrogen and oxygen atoms in total. The van der Waals surface area contributed by atoms with Gasteiger partial charge in [0, 0.05) is 44.7 Å². The van der Waals surface area contributed by atoms with Crippen LogP contribution in [0.15, 0.2) is 53.7 Å². The molecule has 1 unspecified atom stereocenters. The summed E-state index contributed by atoms with van der Waals surface area (Å²) in [7, 11) is 1.33. The van der Waals surface area contributed by atoms with Crippen LogP contribution in [-0.2, 0) is 6.54 Å². The standard InChI is InChI=1S/C27H28FN7O4/c1-33(26(37)38)21-11-18(28)3-5-22(21)39-23-12-29-16-30-24(23)35-9-7-27(15-35)6-8-34(14-27)13-17-2-4-19-20(10-17)32-25(36)31-19/h2-5,10-12,16H,6-9,13-15H2,1H3,(H,37,38)(H2,31,32,36). The number of nitrogens with zero attached hydrogens (tertiary/aromatic N) is 5. The Labute approximate surface area is 222 Å². The molecule has 0 bridgehead atoms. The Balaban J connectivity index is 1.17. The summed E-state index contributed by atoms with van der Waals surface area (Å²) in [4.78, 5) is 42.9. The molecule has 0 radical (unpaired) electrons. The molecule has 4 aromatic rings. The summed E-state index contributed by atoms with van der Waals surface area (Å²) in [5.74, 6) is 0.628. The SMILES string of the molecule is CN(C(=O)O)c1cc(F)ccc1Oc1cncnc1N1CCC2(CCN(Cc3ccc4[nH]c(=O)[nH]c4c3)C2)C1. The van der Waals surface area contributed by atoms with Crippen LogP contribution in [-0.4, -0.2) is 69.3 Å². The zero-order valence-corrected chi connectivity index (χ0v) is 21.4. The number of rotatable bonds is 6. The maximum absolute atomic E-state index is 13.9. The van der Waals surface area contributed by atoms with E-state index in [0.717, 1.165) is 73.1 Å². The second kappa shape index (κ2) is 9.70. The number of aromatic amines is 2. The van der Waals surface area contributed by atoms with Gasteiger partial charge in [-0.05, 0) is 49.2 Å². The lowest BCUT2D eigenvalue weighted by Gasteiger charge is -2.26. The van der Waals surface area contributed by atoms with Crippen molar-refractivity contribution in [1.82, 2.24) is 24.8 Å². The molecule has 0 aliphatic carbocycles. The number of hydrogen-bond acceptors (Lipinski definition) is 7. The van der Waals surface area contributed by atoms with Gasteiger partial charge in [-0.25, -0.2) is 23.9 Å². The number of ether oxygens (including phenoxy) is 1. The van der Waals surface area contributed by atoms with Crippen LogP contribution in [0.1, 0.15) is 18.4 Å². The molecule has 2 saturated heterocycles. The highest BCUT2D eigenvalue weighted by Gasteiger charge is 2.44. The van der Waals surface area contributed by atoms with E-state index in [2.05, 4.69) is 29.7 Å². The molecule has 2 aliphatic heterocycles. The number of aromatic nitrogens is 4. The van der Waals surface area contributed by atoms with E-state index in [0.29, 0.717) is 11.6 Å². The molecule has 2 fully saturated rings. The zero-order chi connectivity index (χ0) is 27.1. The van der Waals surface area contributed by atoms with Crippen molar-refractivity contribution in [2.24, 2.45) is 5.41 Å². The first kappa shape index (κ1) is 24.9. The number of hydrogen-bond donors (Lipinski definition) is 3. The summed E-state index contributed by atoms with van der Waals surface area (Å²) >= 11 is 0. The fraction of sp³-hybridized carbons (Fsp3) is 0.333. The van der Waals surface area contributed by atoms with E-state index in [4.69, 9.17) is 4.74 Å². The third-order valence-electron chi connectivity index (χ3n) is 7.69. The van der Waals surface area contributed by atoms with Crippen LogP contribution in [0.4, 0.5) is 20.7 Å². The van der Waals surface area contributed by atoms with Crippen LogP contribution in [0.3, 0.4) is 0 Å². The minimum absolute atomic E-state index is 0.0866. The van der Waals surface area contributed by atoms with Crippen LogP contribution in [0.25, 0.3) is 11.0 Å². The molecule has 1 spiro atoms. The Morgan fingerprint density at radius 3 is 2.79 bits per heavy atom. The number of H-pyrrole nitrogens is 2. The van der Waals surface area contributed by atoms with Crippen molar-refractivity contribution >= 4 is 28.6 Å². The average Bonchev–Trinajstić information content (AvgIpc) is 3.62. The molecule has 2 aromatic heterocycles. The van der Waals surface area contributed by atoms with Gasteiger partial charge in [-0.2, -0.15) is 0 Å². The number of halogens is 1. The summed E-state index contributed by atoms with van der Waals surface area (Å²) in [6.45, 7) is 4.31. The van der Waals surface area contributed by atoms with Crippen LogP contribution in [0.2, 0.25) is 0 Å². The number of imidazole rings is 1. The van der Waals surface area contributed by atoms with E-state index in [1.807, 2.05) is 18.2 Å². The molecule has 2 aromatic carbocycles. The maximum atomic E-state index is 13.9. The van der Waals surface area contributed by atoms with Crippen LogP contribution in [0, 0.1) is 11.2 Å². The lowest BCUT2D eigenvalue weighted by atomic mass is 9.86. The lowest BCUT2D eigenvalue weighted by Crippen LogP contribution is -2.31. The molecule has 4 heterocycles. The first-order chi connectivity index (χ1) is 18.8. The molecule has 1 atom stereocenters. The van der Waals surface area contributed by atoms with Gasteiger partial charge in [-0.3, -0.25) is 9.80 Å². The van der Waals surface area contributed by atoms with E-state index in [-0.39, 0.29) is 22.5 Å². The smallest absolute Gasteiger partial charge is 0.411 e. The van der Waals surface area contributed by atoms with Gasteiger partial charge < -0.3 is 24.7 Å². The van der Waals surface area contributed by atoms with Crippen molar-refractivity contribution in [3.8, 4) is 11.5 Å². The number of carboxylic acid groups (broad SMARTS) is 1. The van der Waals surface area contributed by atoms with Gasteiger partial charge in [0.25, 0.3) is 0 Å². The number of fused-ring (bicyclic) bond motifs is 1. The third-order valence-corrected chi connectivity index (χ3v) is 7.69. The Kier molecular flexibility index (Phi) is 6.18. The van der Waals surface area contributed by atoms with Crippen molar-refractivity contribution < 1.29 is 19.0 Å². The van der Waals surface area contributed by atoms with Gasteiger partial charge >= 0.3 is 11.8 Å². The van der Waals surface area contributed by atoms with Crippen LogP contribution < -0.4 is 20.2 Å². The lowest BCUT2D eigenvalue weighted by molar-refractivity contribution is 0.203. The van der Waals surface area contributed by atoms with Gasteiger partial charge in [0.1, 0.15) is 12.1 Å². The fourth-order valence-electron chi connectivity index (χ4n) is 5.73. The molecular weight excluding hydrogens is 505 g/mol. The monoisotopic (exact) mass is 533 g/mol. The molecule has 202 valence electrons. The van der Waals surface area contributed by atoms with Gasteiger partial charge in [-0.1, -0.05) is 6.07 Å². The van der Waals surface area contributed by atoms with Crippen molar-refractivity contribution in [3.63, 3.8) is 0 Å². The van der Waals surface area contributed by atoms with E-state index >= 15 is 0 Å². The molecule has 3 N–H and O–H groups in total. The summed E-state index contributed by atoms with van der Waals surface area (Å²) in [6.07, 6.45) is 3.83. The quantitative estimate of drug-likeness (QED) is 0.341. The van der Waals surface area contributed by atoms with Crippen LogP contribution >= 0.6 is 0 Å². The second-order valence-corrected chi connectivity index (χ2v) is 10.4. The first-order valence-electron chi connectivity index (χ1n) is 12.7. The largest absolute Gasteiger partial charge is 0.465 e. The zero-order valence-electron chi connectivity index (χ0n) is 21.4. The highest BCUT2D eigenvalue weighted by molar-refractivity contribution is 5.87. The number of anilines is 2. The Bertz CT molecular complexity index is 1600. The second-order valence-electron chi connectivity index (χ2n) is 10.4. The Morgan fingerprint density at radius 1 is 1.13 bits per heavy atom. The first-order valence-corrected chi connectivity index (χ1v) is 12.7. The topological polar surface area (TPSA) is 131 Å². The molecule has 6 rings (SSSR count). The van der Waals surface area contributed by atoms with Crippen molar-refractivity contribution in [2.45, 2.75) is 19.4 Å². The molecule has 1 amide bonds. The van der Waals surface area contributed by atoms with E-state index in [1.54, 1.807) is 6.20 Å². The predicted molar refractivity (Wildman–Crippen MR) is 143 cm³/mol. The summed E-state index contributed by atoms with van der Waals surface area (Å²) in [6, 6.07) is 9.76. The molecule has 12 heteroatoms. The average molecular weight is 534 g/mol. The fourth-order valence-corrected chi connectivity index (χ4v) is 5.73. The number of amides is 1. The summed E-state index contributed by atoms with van der Waals surface area (Å²) in [5, 5.41) is 9.42. The van der Waals surface area contributed by atoms with Gasteiger partial charge in [0.05, 0.1) is 22.9 Å². The maximum Gasteiger partial charge on any atom is 0.411 e. The highest BCUT2D eigenvalue weighted by atomic mass is 19.1. The van der Waals surface area contributed by atoms with Gasteiger partial charge in [0.15, 0.2) is 17.3 Å². The number of benzene rings is 2. The minimum Gasteiger partial charge on any atom is -0.465 e. The van der Waals surface area contributed by atoms with E-state index in [9.17, 15) is 19.1 Å². The summed E-state index contributed by atoms with van der Waals surface area (Å²) < 4.78 is 20.0. The normalized spacial score (nSPS) is 19.3. The number of carbonyl (C=O) groups is 1. The molecule has 2 aliphatic rings. The minimum atomic E-state index is -1.23. The van der Waals surface area contributed by atoms with Crippen LogP contribution in [0.5, 0.6) is 11.5 Å². The Morgan fingerprint density at radius 2 is 1.95 bits per heavy atom. The highest BCUT2D eigenvalue weighted by Crippen LogP contribution is 2.44. The van der Waals surface area contributed by atoms with E-state index in [1.165, 1.54) is 25.5 Å².